The van der Waals surface area contributed by atoms with Gasteiger partial charge in [0.05, 0.1) is 0 Å². The zero-order valence-corrected chi connectivity index (χ0v) is 17.7. The number of sulfonamides is 1. The van der Waals surface area contributed by atoms with E-state index in [0.717, 1.165) is 24.8 Å². The Morgan fingerprint density at radius 3 is 2.53 bits per heavy atom. The second-order valence-electron chi connectivity index (χ2n) is 7.22. The molecule has 1 N–H and O–H groups in total. The molecule has 2 aromatic heterocycles. The summed E-state index contributed by atoms with van der Waals surface area (Å²) < 4.78 is 37.6. The van der Waals surface area contributed by atoms with Crippen LogP contribution in [0.1, 0.15) is 41.6 Å². The van der Waals surface area contributed by atoms with E-state index >= 15 is 0 Å². The first kappa shape index (κ1) is 20.4. The normalized spacial score (nSPS) is 14.9. The van der Waals surface area contributed by atoms with E-state index < -0.39 is 15.9 Å². The SMILES string of the molecule is CCc1ccc(-c2cc(NC(=O)c3cc(S(=O)(=O)N4CCCC4)c(C)o3)on2)cc1. The Hall–Kier alpha value is -2.91. The molecule has 0 unspecified atom stereocenters. The van der Waals surface area contributed by atoms with Crippen LogP contribution in [0.4, 0.5) is 5.88 Å². The van der Waals surface area contributed by atoms with Gasteiger partial charge in [-0.2, -0.15) is 4.31 Å². The number of carbonyl (C=O) groups is 1. The van der Waals surface area contributed by atoms with Gasteiger partial charge in [-0.1, -0.05) is 36.3 Å². The zero-order chi connectivity index (χ0) is 21.3. The number of nitrogens with one attached hydrogen (secondary N) is 1. The molecule has 30 heavy (non-hydrogen) atoms. The van der Waals surface area contributed by atoms with E-state index in [2.05, 4.69) is 17.4 Å². The number of anilines is 1. The first-order chi connectivity index (χ1) is 14.4. The number of amides is 1. The second-order valence-corrected chi connectivity index (χ2v) is 9.13. The maximum atomic E-state index is 12.8. The van der Waals surface area contributed by atoms with Gasteiger partial charge in [0.2, 0.25) is 15.9 Å². The third-order valence-corrected chi connectivity index (χ3v) is 7.19. The van der Waals surface area contributed by atoms with Crippen molar-refractivity contribution in [2.45, 2.75) is 38.0 Å². The minimum atomic E-state index is -3.67. The van der Waals surface area contributed by atoms with E-state index in [1.54, 1.807) is 6.07 Å². The molecular weight excluding hydrogens is 406 g/mol. The number of furan rings is 1. The Labute approximate surface area is 174 Å². The number of aryl methyl sites for hydroxylation is 2. The van der Waals surface area contributed by atoms with Gasteiger partial charge in [0, 0.05) is 30.8 Å². The fourth-order valence-corrected chi connectivity index (χ4v) is 5.13. The zero-order valence-electron chi connectivity index (χ0n) is 16.8. The fraction of sp³-hybridized carbons (Fsp3) is 0.333. The van der Waals surface area contributed by atoms with E-state index in [1.165, 1.54) is 22.9 Å². The Morgan fingerprint density at radius 1 is 1.17 bits per heavy atom. The van der Waals surface area contributed by atoms with Gasteiger partial charge in [-0.3, -0.25) is 10.1 Å². The molecule has 1 amide bonds. The molecule has 8 nitrogen and oxygen atoms in total. The average Bonchev–Trinajstić information content (AvgIpc) is 3.49. The molecule has 0 bridgehead atoms. The monoisotopic (exact) mass is 429 g/mol. The number of nitrogens with zero attached hydrogens (tertiary/aromatic N) is 2. The van der Waals surface area contributed by atoms with Crippen LogP contribution < -0.4 is 5.32 Å². The van der Waals surface area contributed by atoms with Crippen molar-refractivity contribution in [3.63, 3.8) is 0 Å². The molecule has 3 aromatic rings. The van der Waals surface area contributed by atoms with Gasteiger partial charge in [0.1, 0.15) is 16.3 Å². The molecule has 0 spiro atoms. The number of rotatable bonds is 6. The highest BCUT2D eigenvalue weighted by Gasteiger charge is 2.31. The van der Waals surface area contributed by atoms with Gasteiger partial charge < -0.3 is 8.94 Å². The summed E-state index contributed by atoms with van der Waals surface area (Å²) in [5.74, 6) is -0.380. The molecule has 158 valence electrons. The predicted molar refractivity (Wildman–Crippen MR) is 111 cm³/mol. The molecule has 1 aliphatic rings. The quantitative estimate of drug-likeness (QED) is 0.638. The van der Waals surface area contributed by atoms with Crippen LogP contribution in [-0.4, -0.2) is 36.9 Å². The highest BCUT2D eigenvalue weighted by atomic mass is 32.2. The summed E-state index contributed by atoms with van der Waals surface area (Å²) in [6.45, 7) is 4.58. The summed E-state index contributed by atoms with van der Waals surface area (Å²) in [7, 11) is -3.67. The summed E-state index contributed by atoms with van der Waals surface area (Å²) in [5.41, 5.74) is 2.66. The molecule has 1 fully saturated rings. The molecular formula is C21H23N3O5S. The topological polar surface area (TPSA) is 106 Å². The molecule has 9 heteroatoms. The summed E-state index contributed by atoms with van der Waals surface area (Å²) in [5, 5.41) is 6.54. The van der Waals surface area contributed by atoms with Crippen molar-refractivity contribution in [2.75, 3.05) is 18.4 Å². The van der Waals surface area contributed by atoms with Crippen LogP contribution in [0.2, 0.25) is 0 Å². The van der Waals surface area contributed by atoms with Crippen molar-refractivity contribution in [1.82, 2.24) is 9.46 Å². The van der Waals surface area contributed by atoms with Crippen LogP contribution in [0, 0.1) is 6.92 Å². The maximum absolute atomic E-state index is 12.8. The van der Waals surface area contributed by atoms with Crippen molar-refractivity contribution in [1.29, 1.82) is 0 Å². The summed E-state index contributed by atoms with van der Waals surface area (Å²) in [6.07, 6.45) is 2.61. The number of benzene rings is 1. The lowest BCUT2D eigenvalue weighted by molar-refractivity contribution is 0.0992. The van der Waals surface area contributed by atoms with Crippen molar-refractivity contribution in [3.8, 4) is 11.3 Å². The van der Waals surface area contributed by atoms with Gasteiger partial charge in [-0.15, -0.1) is 0 Å². The first-order valence-corrected chi connectivity index (χ1v) is 11.3. The van der Waals surface area contributed by atoms with Gasteiger partial charge in [0.15, 0.2) is 5.76 Å². The van der Waals surface area contributed by atoms with Crippen LogP contribution in [0.25, 0.3) is 11.3 Å². The predicted octanol–water partition coefficient (Wildman–Crippen LogP) is 3.84. The van der Waals surface area contributed by atoms with Gasteiger partial charge in [-0.25, -0.2) is 8.42 Å². The largest absolute Gasteiger partial charge is 0.455 e. The number of carbonyl (C=O) groups excluding carboxylic acids is 1. The molecule has 0 radical (unpaired) electrons. The van der Waals surface area contributed by atoms with Crippen molar-refractivity contribution >= 4 is 21.8 Å². The summed E-state index contributed by atoms with van der Waals surface area (Å²) in [6, 6.07) is 10.8. The standard InChI is InChI=1S/C21H23N3O5S/c1-3-15-6-8-16(9-7-15)17-12-20(29-23-17)22-21(25)18-13-19(14(2)28-18)30(26,27)24-10-4-5-11-24/h6-9,12-13H,3-5,10-11H2,1-2H3,(H,22,25). The number of hydrogen-bond acceptors (Lipinski definition) is 6. The Kier molecular flexibility index (Phi) is 5.48. The van der Waals surface area contributed by atoms with E-state index in [4.69, 9.17) is 8.94 Å². The second kappa shape index (κ2) is 8.08. The molecule has 0 saturated carbocycles. The van der Waals surface area contributed by atoms with Crippen molar-refractivity contribution < 1.29 is 22.2 Å². The van der Waals surface area contributed by atoms with Gasteiger partial charge in [0.25, 0.3) is 5.91 Å². The lowest BCUT2D eigenvalue weighted by Gasteiger charge is -2.14. The third-order valence-electron chi connectivity index (χ3n) is 5.18. The smallest absolute Gasteiger partial charge is 0.293 e. The Balaban J connectivity index is 1.50. The highest BCUT2D eigenvalue weighted by Crippen LogP contribution is 2.27. The van der Waals surface area contributed by atoms with Crippen LogP contribution in [0.15, 0.2) is 50.2 Å². The van der Waals surface area contributed by atoms with Crippen LogP contribution in [0.3, 0.4) is 0 Å². The lowest BCUT2D eigenvalue weighted by Crippen LogP contribution is -2.28. The fourth-order valence-electron chi connectivity index (χ4n) is 3.46. The molecule has 0 atom stereocenters. The Bertz CT molecular complexity index is 1160. The van der Waals surface area contributed by atoms with Gasteiger partial charge in [-0.05, 0) is 31.7 Å². The minimum absolute atomic E-state index is 0.0174. The molecule has 1 aromatic carbocycles. The van der Waals surface area contributed by atoms with E-state index in [0.29, 0.717) is 18.8 Å². The van der Waals surface area contributed by atoms with Crippen LogP contribution >= 0.6 is 0 Å². The maximum Gasteiger partial charge on any atom is 0.293 e. The third kappa shape index (κ3) is 3.90. The first-order valence-electron chi connectivity index (χ1n) is 9.86. The summed E-state index contributed by atoms with van der Waals surface area (Å²) >= 11 is 0. The average molecular weight is 429 g/mol. The van der Waals surface area contributed by atoms with E-state index in [1.807, 2.05) is 24.3 Å². The minimum Gasteiger partial charge on any atom is -0.455 e. The van der Waals surface area contributed by atoms with E-state index in [-0.39, 0.29) is 22.3 Å². The highest BCUT2D eigenvalue weighted by molar-refractivity contribution is 7.89. The van der Waals surface area contributed by atoms with Crippen LogP contribution in [0.5, 0.6) is 0 Å². The molecule has 1 saturated heterocycles. The van der Waals surface area contributed by atoms with Crippen LogP contribution in [-0.2, 0) is 16.4 Å². The van der Waals surface area contributed by atoms with E-state index in [9.17, 15) is 13.2 Å². The lowest BCUT2D eigenvalue weighted by atomic mass is 10.1. The molecule has 4 rings (SSSR count). The molecule has 1 aliphatic heterocycles. The number of hydrogen-bond donors (Lipinski definition) is 1. The van der Waals surface area contributed by atoms with Gasteiger partial charge >= 0.3 is 0 Å². The van der Waals surface area contributed by atoms with Crippen molar-refractivity contribution in [3.05, 3.63) is 53.5 Å². The molecule has 3 heterocycles. The molecule has 0 aliphatic carbocycles. The Morgan fingerprint density at radius 2 is 1.87 bits per heavy atom. The summed E-state index contributed by atoms with van der Waals surface area (Å²) in [4.78, 5) is 12.6. The number of aromatic nitrogens is 1. The van der Waals surface area contributed by atoms with Crippen molar-refractivity contribution in [2.24, 2.45) is 0 Å².